The second-order valence-electron chi connectivity index (χ2n) is 5.71. The first-order chi connectivity index (χ1) is 12.1. The van der Waals surface area contributed by atoms with Crippen molar-refractivity contribution in [2.75, 3.05) is 5.75 Å². The molecule has 128 valence electrons. The fourth-order valence-corrected chi connectivity index (χ4v) is 19.0. The predicted octanol–water partition coefficient (Wildman–Crippen LogP) is 2.02. The SMILES string of the molecule is CCS(=O)(=O)[O][Sn]([c]1ccccc1)([c]1ccccc1)[c]1ccccc1. The Morgan fingerprint density at radius 2 is 1.00 bits per heavy atom. The molecule has 0 spiro atoms. The Balaban J connectivity index is 2.36. The molecule has 0 heterocycles. The standard InChI is InChI=1S/3C6H5.C2H6O3S.Sn/c3*1-2-4-6-5-3-1;1-2-6(3,4)5;/h3*1-5H;2H2,1H3,(H,3,4,5);/q;;;;+1/p-1. The van der Waals surface area contributed by atoms with E-state index in [1.54, 1.807) is 6.92 Å². The van der Waals surface area contributed by atoms with Gasteiger partial charge in [-0.15, -0.1) is 0 Å². The Morgan fingerprint density at radius 3 is 1.28 bits per heavy atom. The van der Waals surface area contributed by atoms with Gasteiger partial charge >= 0.3 is 154 Å². The molecule has 0 saturated heterocycles. The minimum absolute atomic E-state index is 0.0435. The third-order valence-corrected chi connectivity index (χ3v) is 19.5. The van der Waals surface area contributed by atoms with E-state index >= 15 is 0 Å². The van der Waals surface area contributed by atoms with Gasteiger partial charge in [-0.1, -0.05) is 0 Å². The number of benzene rings is 3. The third-order valence-electron chi connectivity index (χ3n) is 4.15. The Morgan fingerprint density at radius 1 is 0.680 bits per heavy atom. The molecule has 5 heteroatoms. The first-order valence-corrected chi connectivity index (χ1v) is 15.2. The van der Waals surface area contributed by atoms with Crippen LogP contribution in [-0.4, -0.2) is 33.0 Å². The van der Waals surface area contributed by atoms with Crippen LogP contribution in [0.25, 0.3) is 0 Å². The van der Waals surface area contributed by atoms with Crippen LogP contribution >= 0.6 is 0 Å². The van der Waals surface area contributed by atoms with Crippen LogP contribution in [0.15, 0.2) is 91.0 Å². The van der Waals surface area contributed by atoms with E-state index in [1.807, 2.05) is 91.0 Å². The van der Waals surface area contributed by atoms with Crippen molar-refractivity contribution < 1.29 is 10.9 Å². The van der Waals surface area contributed by atoms with Gasteiger partial charge in [-0.3, -0.25) is 0 Å². The van der Waals surface area contributed by atoms with E-state index in [-0.39, 0.29) is 5.75 Å². The summed E-state index contributed by atoms with van der Waals surface area (Å²) in [6.45, 7) is 1.62. The van der Waals surface area contributed by atoms with Crippen LogP contribution in [0, 0.1) is 0 Å². The minimum atomic E-state index is -4.16. The molecule has 0 fully saturated rings. The van der Waals surface area contributed by atoms with E-state index < -0.39 is 28.9 Å². The molecule has 3 rings (SSSR count). The summed E-state index contributed by atoms with van der Waals surface area (Å²) in [7, 11) is -3.63. The first kappa shape index (κ1) is 18.2. The van der Waals surface area contributed by atoms with E-state index in [4.69, 9.17) is 2.52 Å². The Kier molecular flexibility index (Phi) is 5.61. The van der Waals surface area contributed by atoms with Crippen LogP contribution in [-0.2, 0) is 12.6 Å². The quantitative estimate of drug-likeness (QED) is 0.531. The maximum atomic E-state index is 12.6. The van der Waals surface area contributed by atoms with E-state index in [9.17, 15) is 8.42 Å². The first-order valence-electron chi connectivity index (χ1n) is 8.18. The van der Waals surface area contributed by atoms with Gasteiger partial charge in [0.2, 0.25) is 0 Å². The van der Waals surface area contributed by atoms with Gasteiger partial charge in [0.05, 0.1) is 0 Å². The summed E-state index contributed by atoms with van der Waals surface area (Å²) in [6.07, 6.45) is 0. The molecule has 25 heavy (non-hydrogen) atoms. The molecular weight excluding hydrogens is 439 g/mol. The van der Waals surface area contributed by atoms with Crippen LogP contribution < -0.4 is 10.7 Å². The molecule has 0 aliphatic carbocycles. The van der Waals surface area contributed by atoms with Gasteiger partial charge in [0.1, 0.15) is 0 Å². The van der Waals surface area contributed by atoms with Crippen LogP contribution in [0.1, 0.15) is 6.92 Å². The van der Waals surface area contributed by atoms with Crippen molar-refractivity contribution in [2.24, 2.45) is 0 Å². The summed E-state index contributed by atoms with van der Waals surface area (Å²) >= 11 is -4.16. The molecule has 0 bridgehead atoms. The van der Waals surface area contributed by atoms with Crippen molar-refractivity contribution in [3.8, 4) is 0 Å². The Bertz CT molecular complexity index is 814. The van der Waals surface area contributed by atoms with Gasteiger partial charge in [-0.25, -0.2) is 0 Å². The summed E-state index contributed by atoms with van der Waals surface area (Å²) in [6, 6.07) is 29.4. The van der Waals surface area contributed by atoms with Gasteiger partial charge in [0, 0.05) is 0 Å². The van der Waals surface area contributed by atoms with Gasteiger partial charge in [-0.2, -0.15) is 0 Å². The summed E-state index contributed by atoms with van der Waals surface area (Å²) in [5, 5.41) is 0. The zero-order chi connectivity index (χ0) is 17.8. The van der Waals surface area contributed by atoms with E-state index in [0.29, 0.717) is 0 Å². The molecule has 0 unspecified atom stereocenters. The van der Waals surface area contributed by atoms with Gasteiger partial charge in [-0.05, 0) is 0 Å². The third kappa shape index (κ3) is 3.81. The van der Waals surface area contributed by atoms with Gasteiger partial charge < -0.3 is 0 Å². The molecule has 3 nitrogen and oxygen atoms in total. The van der Waals surface area contributed by atoms with Crippen molar-refractivity contribution >= 4 is 39.6 Å². The second-order valence-corrected chi connectivity index (χ2v) is 17.8. The molecule has 3 aromatic rings. The molecular formula is C20H20O3SSn. The maximum absolute atomic E-state index is 12.6. The van der Waals surface area contributed by atoms with Gasteiger partial charge in [0.25, 0.3) is 0 Å². The summed E-state index contributed by atoms with van der Waals surface area (Å²) < 4.78 is 34.2. The van der Waals surface area contributed by atoms with Crippen LogP contribution in [0.5, 0.6) is 0 Å². The van der Waals surface area contributed by atoms with E-state index in [0.717, 1.165) is 10.7 Å². The van der Waals surface area contributed by atoms with Crippen molar-refractivity contribution in [3.63, 3.8) is 0 Å². The van der Waals surface area contributed by atoms with Gasteiger partial charge in [0.15, 0.2) is 0 Å². The Hall–Kier alpha value is -1.63. The predicted molar refractivity (Wildman–Crippen MR) is 105 cm³/mol. The molecule has 3 aromatic carbocycles. The molecule has 0 aromatic heterocycles. The second kappa shape index (κ2) is 7.72. The average molecular weight is 459 g/mol. The molecule has 0 atom stereocenters. The molecule has 0 aliphatic rings. The fourth-order valence-electron chi connectivity index (χ4n) is 2.91. The monoisotopic (exact) mass is 460 g/mol. The van der Waals surface area contributed by atoms with E-state index in [2.05, 4.69) is 0 Å². The Labute approximate surface area is 153 Å². The topological polar surface area (TPSA) is 43.4 Å². The molecule has 0 aliphatic heterocycles. The number of hydrogen-bond acceptors (Lipinski definition) is 3. The normalized spacial score (nSPS) is 12.0. The summed E-state index contributed by atoms with van der Waals surface area (Å²) in [4.78, 5) is 0. The zero-order valence-corrected chi connectivity index (χ0v) is 17.7. The van der Waals surface area contributed by atoms with Crippen molar-refractivity contribution in [2.45, 2.75) is 6.92 Å². The van der Waals surface area contributed by atoms with Crippen LogP contribution in [0.3, 0.4) is 0 Å². The zero-order valence-electron chi connectivity index (χ0n) is 14.0. The number of hydrogen-bond donors (Lipinski definition) is 0. The van der Waals surface area contributed by atoms with Crippen molar-refractivity contribution in [1.29, 1.82) is 0 Å². The van der Waals surface area contributed by atoms with E-state index in [1.165, 1.54) is 0 Å². The molecule has 0 radical (unpaired) electrons. The van der Waals surface area contributed by atoms with Crippen LogP contribution in [0.2, 0.25) is 0 Å². The van der Waals surface area contributed by atoms with Crippen molar-refractivity contribution in [3.05, 3.63) is 91.0 Å². The summed E-state index contributed by atoms with van der Waals surface area (Å²) in [5.74, 6) is -0.0435. The molecule has 0 saturated carbocycles. The summed E-state index contributed by atoms with van der Waals surface area (Å²) in [5.41, 5.74) is 0. The molecule has 0 N–H and O–H groups in total. The number of rotatable bonds is 6. The van der Waals surface area contributed by atoms with Crippen molar-refractivity contribution in [1.82, 2.24) is 0 Å². The molecule has 0 amide bonds. The van der Waals surface area contributed by atoms with Crippen LogP contribution in [0.4, 0.5) is 0 Å². The fraction of sp³-hybridized carbons (Fsp3) is 0.100. The average Bonchev–Trinajstić information content (AvgIpc) is 2.68.